The van der Waals surface area contributed by atoms with E-state index in [2.05, 4.69) is 10.4 Å². The summed E-state index contributed by atoms with van der Waals surface area (Å²) < 4.78 is 16.7. The summed E-state index contributed by atoms with van der Waals surface area (Å²) in [5.41, 5.74) is 4.80. The van der Waals surface area contributed by atoms with Gasteiger partial charge in [0.25, 0.3) is 0 Å². The van der Waals surface area contributed by atoms with Crippen LogP contribution in [0.4, 0.5) is 0 Å². The average Bonchev–Trinajstić information content (AvgIpc) is 3.40. The first-order valence-electron chi connectivity index (χ1n) is 11.1. The Hall–Kier alpha value is -4.30. The van der Waals surface area contributed by atoms with Gasteiger partial charge in [-0.1, -0.05) is 60.1 Å². The molecule has 8 nitrogen and oxygen atoms in total. The number of ether oxygens (including phenoxy) is 2. The first-order chi connectivity index (χ1) is 17.5. The van der Waals surface area contributed by atoms with Crippen molar-refractivity contribution in [3.63, 3.8) is 0 Å². The minimum atomic E-state index is -0.740. The lowest BCUT2D eigenvalue weighted by Gasteiger charge is -2.15. The maximum atomic E-state index is 12.9. The highest BCUT2D eigenvalue weighted by Crippen LogP contribution is 2.43. The summed E-state index contributed by atoms with van der Waals surface area (Å²) in [4.78, 5) is 25.2. The number of fused-ring (bicyclic) bond motifs is 3. The molecule has 1 aromatic heterocycles. The Kier molecular flexibility index (Phi) is 6.35. The number of amides is 1. The number of nitrogens with zero attached hydrogens (tertiary/aromatic N) is 2. The van der Waals surface area contributed by atoms with Crippen LogP contribution in [0.1, 0.15) is 28.6 Å². The van der Waals surface area contributed by atoms with E-state index in [1.54, 1.807) is 18.2 Å². The van der Waals surface area contributed by atoms with E-state index in [1.165, 1.54) is 20.3 Å². The van der Waals surface area contributed by atoms with Crippen molar-refractivity contribution >= 4 is 29.7 Å². The predicted molar refractivity (Wildman–Crippen MR) is 136 cm³/mol. The summed E-state index contributed by atoms with van der Waals surface area (Å²) >= 11 is 6.39. The van der Waals surface area contributed by atoms with Crippen LogP contribution in [0.3, 0.4) is 0 Å². The van der Waals surface area contributed by atoms with Crippen molar-refractivity contribution in [2.24, 2.45) is 0 Å². The van der Waals surface area contributed by atoms with Crippen LogP contribution >= 0.6 is 11.6 Å². The zero-order valence-electron chi connectivity index (χ0n) is 19.5. The fourth-order valence-electron chi connectivity index (χ4n) is 4.34. The molecule has 36 heavy (non-hydrogen) atoms. The monoisotopic (exact) mass is 503 g/mol. The van der Waals surface area contributed by atoms with Gasteiger partial charge in [0.2, 0.25) is 11.8 Å². The summed E-state index contributed by atoms with van der Waals surface area (Å²) in [7, 11) is 3.01. The molecular formula is C27H22ClN3O5. The van der Waals surface area contributed by atoms with Gasteiger partial charge in [0.1, 0.15) is 6.54 Å². The number of methoxy groups -OCH3 is 2. The molecule has 0 aliphatic heterocycles. The van der Waals surface area contributed by atoms with E-state index < -0.39 is 5.76 Å². The number of rotatable bonds is 7. The predicted octanol–water partition coefficient (Wildman–Crippen LogP) is 4.56. The van der Waals surface area contributed by atoms with Crippen molar-refractivity contribution in [3.05, 3.63) is 98.8 Å². The largest absolute Gasteiger partial charge is 0.493 e. The van der Waals surface area contributed by atoms with Gasteiger partial charge < -0.3 is 19.2 Å². The summed E-state index contributed by atoms with van der Waals surface area (Å²) in [6, 6.07) is 19.0. The molecule has 1 aliphatic carbocycles. The number of nitrogens with one attached hydrogen (secondary N) is 1. The SMILES string of the molecule is COc1ccc(/C=C/c2nn(CC(=O)NC3c4ccccc4-c4ccccc43)c(=O)o2)c(Cl)c1OC. The topological polar surface area (TPSA) is 95.6 Å². The summed E-state index contributed by atoms with van der Waals surface area (Å²) in [6.45, 7) is -0.284. The number of carbonyl (C=O) groups is 1. The number of carbonyl (C=O) groups excluding carboxylic acids is 1. The third-order valence-corrected chi connectivity index (χ3v) is 6.36. The molecule has 1 N–H and O–H groups in total. The molecule has 0 fully saturated rings. The van der Waals surface area contributed by atoms with Gasteiger partial charge >= 0.3 is 5.76 Å². The third-order valence-electron chi connectivity index (χ3n) is 5.97. The van der Waals surface area contributed by atoms with Crippen LogP contribution in [-0.4, -0.2) is 29.9 Å². The van der Waals surface area contributed by atoms with Crippen molar-refractivity contribution < 1.29 is 18.7 Å². The highest BCUT2D eigenvalue weighted by molar-refractivity contribution is 6.34. The van der Waals surface area contributed by atoms with Gasteiger partial charge in [-0.2, -0.15) is 4.68 Å². The molecule has 0 unspecified atom stereocenters. The Morgan fingerprint density at radius 2 is 1.69 bits per heavy atom. The molecule has 0 radical (unpaired) electrons. The van der Waals surface area contributed by atoms with E-state index in [0.717, 1.165) is 26.9 Å². The normalized spacial score (nSPS) is 12.4. The Balaban J connectivity index is 1.32. The van der Waals surface area contributed by atoms with Crippen molar-refractivity contribution in [3.8, 4) is 22.6 Å². The Morgan fingerprint density at radius 1 is 1.03 bits per heavy atom. The first-order valence-corrected chi connectivity index (χ1v) is 11.5. The van der Waals surface area contributed by atoms with E-state index in [0.29, 0.717) is 22.1 Å². The first kappa shape index (κ1) is 23.4. The van der Waals surface area contributed by atoms with Crippen molar-refractivity contribution in [2.75, 3.05) is 14.2 Å². The van der Waals surface area contributed by atoms with Crippen LogP contribution in [0.25, 0.3) is 23.3 Å². The van der Waals surface area contributed by atoms with Crippen LogP contribution in [0.2, 0.25) is 5.02 Å². The quantitative estimate of drug-likeness (QED) is 0.397. The minimum absolute atomic E-state index is 0.0372. The zero-order valence-corrected chi connectivity index (χ0v) is 20.3. The molecule has 1 aliphatic rings. The average molecular weight is 504 g/mol. The molecule has 0 saturated heterocycles. The van der Waals surface area contributed by atoms with Crippen LogP contribution < -0.4 is 20.5 Å². The molecule has 5 rings (SSSR count). The fourth-order valence-corrected chi connectivity index (χ4v) is 4.63. The van der Waals surface area contributed by atoms with Crippen LogP contribution in [0, 0.1) is 0 Å². The molecule has 3 aromatic carbocycles. The molecular weight excluding hydrogens is 482 g/mol. The molecule has 1 amide bonds. The molecule has 0 spiro atoms. The van der Waals surface area contributed by atoms with E-state index in [4.69, 9.17) is 25.5 Å². The number of benzene rings is 3. The summed E-state index contributed by atoms with van der Waals surface area (Å²) in [5.74, 6) is -0.181. The van der Waals surface area contributed by atoms with Gasteiger partial charge in [-0.25, -0.2) is 4.79 Å². The molecule has 0 bridgehead atoms. The summed E-state index contributed by atoms with van der Waals surface area (Å²) in [5, 5.41) is 7.49. The lowest BCUT2D eigenvalue weighted by atomic mass is 10.1. The zero-order chi connectivity index (χ0) is 25.2. The third kappa shape index (κ3) is 4.27. The fraction of sp³-hybridized carbons (Fsp3) is 0.148. The van der Waals surface area contributed by atoms with Crippen molar-refractivity contribution in [1.82, 2.24) is 15.1 Å². The minimum Gasteiger partial charge on any atom is -0.493 e. The van der Waals surface area contributed by atoms with Crippen molar-refractivity contribution in [1.29, 1.82) is 0 Å². The van der Waals surface area contributed by atoms with Gasteiger partial charge in [0.05, 0.1) is 25.3 Å². The summed E-state index contributed by atoms with van der Waals surface area (Å²) in [6.07, 6.45) is 3.12. The van der Waals surface area contributed by atoms with Crippen LogP contribution in [0.15, 0.2) is 69.9 Å². The Morgan fingerprint density at radius 3 is 2.33 bits per heavy atom. The van der Waals surface area contributed by atoms with Gasteiger partial charge in [0.15, 0.2) is 11.5 Å². The van der Waals surface area contributed by atoms with E-state index in [9.17, 15) is 9.59 Å². The maximum absolute atomic E-state index is 12.9. The Labute approximate surface area is 211 Å². The van der Waals surface area contributed by atoms with E-state index in [1.807, 2.05) is 48.5 Å². The van der Waals surface area contributed by atoms with Gasteiger partial charge in [0, 0.05) is 6.08 Å². The van der Waals surface area contributed by atoms with Crippen LogP contribution in [-0.2, 0) is 11.3 Å². The second-order valence-electron chi connectivity index (χ2n) is 8.08. The molecule has 4 aromatic rings. The van der Waals surface area contributed by atoms with Crippen LogP contribution in [0.5, 0.6) is 11.5 Å². The highest BCUT2D eigenvalue weighted by Gasteiger charge is 2.29. The maximum Gasteiger partial charge on any atom is 0.437 e. The van der Waals surface area contributed by atoms with Gasteiger partial charge in [-0.15, -0.1) is 5.10 Å². The van der Waals surface area contributed by atoms with Gasteiger partial charge in [-0.05, 0) is 46.0 Å². The Bertz CT molecular complexity index is 1490. The number of aromatic nitrogens is 2. The second kappa shape index (κ2) is 9.75. The van der Waals surface area contributed by atoms with E-state index in [-0.39, 0.29) is 24.4 Å². The molecule has 0 saturated carbocycles. The molecule has 182 valence electrons. The van der Waals surface area contributed by atoms with Gasteiger partial charge in [-0.3, -0.25) is 4.79 Å². The lowest BCUT2D eigenvalue weighted by Crippen LogP contribution is -2.34. The molecule has 9 heteroatoms. The second-order valence-corrected chi connectivity index (χ2v) is 8.45. The number of hydrogen-bond donors (Lipinski definition) is 1. The van der Waals surface area contributed by atoms with Crippen molar-refractivity contribution in [2.45, 2.75) is 12.6 Å². The lowest BCUT2D eigenvalue weighted by molar-refractivity contribution is -0.122. The van der Waals surface area contributed by atoms with E-state index >= 15 is 0 Å². The molecule has 0 atom stereocenters. The standard InChI is InChI=1S/C27H22ClN3O5/c1-34-21-13-11-16(24(28)26(21)35-2)12-14-23-30-31(27(33)36-23)15-22(32)29-25-19-9-5-3-7-17(19)18-8-4-6-10-20(18)25/h3-14,25H,15H2,1-2H3,(H,29,32)/b14-12+. The number of hydrogen-bond acceptors (Lipinski definition) is 6. The molecule has 1 heterocycles. The highest BCUT2D eigenvalue weighted by atomic mass is 35.5. The smallest absolute Gasteiger partial charge is 0.437 e. The number of halogens is 1.